The molecular weight excluding hydrogens is 548 g/mol. The molecule has 6 rings (SSSR count). The van der Waals surface area contributed by atoms with Crippen LogP contribution in [-0.2, 0) is 0 Å². The number of hydrogen-bond acceptors (Lipinski definition) is 11. The van der Waals surface area contributed by atoms with Gasteiger partial charge in [0.15, 0.2) is 21.8 Å². The zero-order chi connectivity index (χ0) is 27.8. The standard InChI is InChI=1S/C29H22N4O5S2/c1-35-24-15(7-3-9-17(24)26-21(32-28(30)39-26)19-11-5-13-37-19)23(34)16-8-4-10-18(25(16)36-2)27-22(33-29(31)40-27)20-12-6-14-38-20/h3-14H,1-2H3,(H2,30,32)(H2,31,33). The van der Waals surface area contributed by atoms with Crippen molar-refractivity contribution in [1.82, 2.24) is 9.97 Å². The van der Waals surface area contributed by atoms with E-state index in [1.54, 1.807) is 61.1 Å². The molecule has 0 radical (unpaired) electrons. The second-order valence-electron chi connectivity index (χ2n) is 8.52. The van der Waals surface area contributed by atoms with E-state index in [1.165, 1.54) is 36.9 Å². The Balaban J connectivity index is 1.48. The normalized spacial score (nSPS) is 11.1. The number of para-hydroxylation sites is 2. The van der Waals surface area contributed by atoms with E-state index in [2.05, 4.69) is 9.97 Å². The fraction of sp³-hybridized carbons (Fsp3) is 0.0690. The second-order valence-corrected chi connectivity index (χ2v) is 10.6. The lowest BCUT2D eigenvalue weighted by Gasteiger charge is -2.16. The van der Waals surface area contributed by atoms with Crippen LogP contribution in [-0.4, -0.2) is 30.0 Å². The Bertz CT molecular complexity index is 1690. The summed E-state index contributed by atoms with van der Waals surface area (Å²) in [4.78, 5) is 24.5. The van der Waals surface area contributed by atoms with Crippen molar-refractivity contribution in [1.29, 1.82) is 0 Å². The van der Waals surface area contributed by atoms with E-state index in [0.29, 0.717) is 66.9 Å². The number of ketones is 1. The highest BCUT2D eigenvalue weighted by Gasteiger charge is 2.27. The first-order valence-electron chi connectivity index (χ1n) is 12.0. The number of nitrogens with two attached hydrogens (primary N) is 2. The van der Waals surface area contributed by atoms with Gasteiger partial charge in [-0.25, -0.2) is 9.97 Å². The number of nitrogens with zero attached hydrogens (tertiary/aromatic N) is 2. The molecule has 0 aliphatic rings. The summed E-state index contributed by atoms with van der Waals surface area (Å²) in [6, 6.07) is 17.9. The number of benzene rings is 2. The summed E-state index contributed by atoms with van der Waals surface area (Å²) in [6.07, 6.45) is 3.14. The van der Waals surface area contributed by atoms with E-state index >= 15 is 0 Å². The zero-order valence-corrected chi connectivity index (χ0v) is 23.0. The summed E-state index contributed by atoms with van der Waals surface area (Å²) in [6.45, 7) is 0. The van der Waals surface area contributed by atoms with E-state index in [0.717, 1.165) is 9.75 Å². The topological polar surface area (TPSA) is 140 Å². The van der Waals surface area contributed by atoms with Crippen molar-refractivity contribution in [3.63, 3.8) is 0 Å². The first kappa shape index (κ1) is 25.4. The van der Waals surface area contributed by atoms with Crippen molar-refractivity contribution in [2.45, 2.75) is 0 Å². The average Bonchev–Trinajstić information content (AvgIpc) is 3.78. The molecule has 0 saturated heterocycles. The molecule has 200 valence electrons. The minimum atomic E-state index is -0.286. The van der Waals surface area contributed by atoms with Crippen LogP contribution in [0.4, 0.5) is 10.3 Å². The van der Waals surface area contributed by atoms with Gasteiger partial charge in [-0.2, -0.15) is 0 Å². The maximum Gasteiger partial charge on any atom is 0.200 e. The number of aromatic nitrogens is 2. The molecule has 4 aromatic heterocycles. The maximum atomic E-state index is 14.1. The number of ether oxygens (including phenoxy) is 2. The molecule has 2 aromatic carbocycles. The van der Waals surface area contributed by atoms with Crippen LogP contribution in [0.25, 0.3) is 43.8 Å². The van der Waals surface area contributed by atoms with Gasteiger partial charge in [-0.3, -0.25) is 4.79 Å². The van der Waals surface area contributed by atoms with E-state index in [1.807, 2.05) is 12.1 Å². The molecule has 0 spiro atoms. The van der Waals surface area contributed by atoms with Crippen molar-refractivity contribution in [2.24, 2.45) is 0 Å². The number of furan rings is 2. The third kappa shape index (κ3) is 4.31. The van der Waals surface area contributed by atoms with E-state index in [-0.39, 0.29) is 5.78 Å². The van der Waals surface area contributed by atoms with Gasteiger partial charge in [-0.05, 0) is 48.5 Å². The quantitative estimate of drug-likeness (QED) is 0.188. The molecule has 0 bridgehead atoms. The highest BCUT2D eigenvalue weighted by Crippen LogP contribution is 2.46. The Kier molecular flexibility index (Phi) is 6.58. The summed E-state index contributed by atoms with van der Waals surface area (Å²) in [5.41, 5.74) is 15.3. The van der Waals surface area contributed by atoms with Crippen LogP contribution in [0.5, 0.6) is 11.5 Å². The van der Waals surface area contributed by atoms with Gasteiger partial charge in [0.1, 0.15) is 22.9 Å². The molecule has 0 atom stereocenters. The second kappa shape index (κ2) is 10.4. The van der Waals surface area contributed by atoms with Crippen molar-refractivity contribution < 1.29 is 23.1 Å². The van der Waals surface area contributed by atoms with Gasteiger partial charge < -0.3 is 29.8 Å². The molecule has 0 unspecified atom stereocenters. The highest BCUT2D eigenvalue weighted by atomic mass is 32.1. The van der Waals surface area contributed by atoms with E-state index in [4.69, 9.17) is 29.8 Å². The predicted molar refractivity (Wildman–Crippen MR) is 156 cm³/mol. The number of carbonyl (C=O) groups is 1. The van der Waals surface area contributed by atoms with Crippen LogP contribution < -0.4 is 20.9 Å². The zero-order valence-electron chi connectivity index (χ0n) is 21.3. The van der Waals surface area contributed by atoms with Crippen molar-refractivity contribution in [3.05, 3.63) is 84.3 Å². The molecule has 0 aliphatic carbocycles. The number of nitrogen functional groups attached to an aromatic ring is 2. The molecule has 0 aliphatic heterocycles. The minimum absolute atomic E-state index is 0.286. The van der Waals surface area contributed by atoms with Gasteiger partial charge in [0.05, 0.1) is 47.6 Å². The lowest BCUT2D eigenvalue weighted by Crippen LogP contribution is -2.07. The van der Waals surface area contributed by atoms with Gasteiger partial charge in [0.2, 0.25) is 5.78 Å². The van der Waals surface area contributed by atoms with Crippen molar-refractivity contribution in [2.75, 3.05) is 25.7 Å². The molecule has 40 heavy (non-hydrogen) atoms. The minimum Gasteiger partial charge on any atom is -0.495 e. The van der Waals surface area contributed by atoms with Crippen molar-refractivity contribution in [3.8, 4) is 55.3 Å². The Morgan fingerprint density at radius 2 is 1.15 bits per heavy atom. The third-order valence-electron chi connectivity index (χ3n) is 6.21. The van der Waals surface area contributed by atoms with E-state index in [9.17, 15) is 4.79 Å². The number of hydrogen-bond donors (Lipinski definition) is 2. The first-order chi connectivity index (χ1) is 19.5. The van der Waals surface area contributed by atoms with Gasteiger partial charge >= 0.3 is 0 Å². The summed E-state index contributed by atoms with van der Waals surface area (Å²) >= 11 is 2.57. The maximum absolute atomic E-state index is 14.1. The molecule has 0 saturated carbocycles. The fourth-order valence-corrected chi connectivity index (χ4v) is 6.29. The van der Waals surface area contributed by atoms with Gasteiger partial charge in [-0.1, -0.05) is 34.8 Å². The highest BCUT2D eigenvalue weighted by molar-refractivity contribution is 7.19. The lowest BCUT2D eigenvalue weighted by atomic mass is 9.95. The molecule has 4 N–H and O–H groups in total. The molecule has 4 heterocycles. The fourth-order valence-electron chi connectivity index (χ4n) is 4.57. The van der Waals surface area contributed by atoms with Crippen LogP contribution in [0.3, 0.4) is 0 Å². The predicted octanol–water partition coefficient (Wildman–Crippen LogP) is 6.87. The Morgan fingerprint density at radius 1 is 0.700 bits per heavy atom. The van der Waals surface area contributed by atoms with Gasteiger partial charge in [-0.15, -0.1) is 0 Å². The summed E-state index contributed by atoms with van der Waals surface area (Å²) in [5, 5.41) is 0.733. The summed E-state index contributed by atoms with van der Waals surface area (Å²) in [7, 11) is 3.05. The number of methoxy groups -OCH3 is 2. The molecule has 0 amide bonds. The monoisotopic (exact) mass is 570 g/mol. The number of anilines is 2. The number of rotatable bonds is 8. The van der Waals surface area contributed by atoms with Gasteiger partial charge in [0, 0.05) is 11.1 Å². The molecule has 11 heteroatoms. The summed E-state index contributed by atoms with van der Waals surface area (Å²) < 4.78 is 22.8. The average molecular weight is 571 g/mol. The molecule has 0 fully saturated rings. The number of thiazole rings is 2. The Hall–Kier alpha value is -4.87. The molecule has 6 aromatic rings. The van der Waals surface area contributed by atoms with Crippen LogP contribution in [0.2, 0.25) is 0 Å². The summed E-state index contributed by atoms with van der Waals surface area (Å²) in [5.74, 6) is 1.61. The van der Waals surface area contributed by atoms with Crippen LogP contribution in [0, 0.1) is 0 Å². The Labute approximate surface area is 236 Å². The molecule has 9 nitrogen and oxygen atoms in total. The smallest absolute Gasteiger partial charge is 0.200 e. The largest absolute Gasteiger partial charge is 0.495 e. The Morgan fingerprint density at radius 3 is 1.52 bits per heavy atom. The SMILES string of the molecule is COc1c(C(=O)c2cccc(-c3sc(N)nc3-c3ccco3)c2OC)cccc1-c1sc(N)nc1-c1ccco1. The number of carbonyl (C=O) groups excluding carboxylic acids is 1. The van der Waals surface area contributed by atoms with Crippen LogP contribution >= 0.6 is 22.7 Å². The van der Waals surface area contributed by atoms with E-state index < -0.39 is 0 Å². The third-order valence-corrected chi connectivity index (χ3v) is 8.05. The first-order valence-corrected chi connectivity index (χ1v) is 13.6. The van der Waals surface area contributed by atoms with Gasteiger partial charge in [0.25, 0.3) is 0 Å². The van der Waals surface area contributed by atoms with Crippen molar-refractivity contribution >= 4 is 38.7 Å². The van der Waals surface area contributed by atoms with Crippen LogP contribution in [0.15, 0.2) is 82.0 Å². The van der Waals surface area contributed by atoms with Crippen LogP contribution in [0.1, 0.15) is 15.9 Å². The lowest BCUT2D eigenvalue weighted by molar-refractivity contribution is 0.103. The molecular formula is C29H22N4O5S2.